The molecule has 0 aliphatic rings. The van der Waals surface area contributed by atoms with Crippen molar-refractivity contribution in [1.82, 2.24) is 9.88 Å². The molecule has 0 aliphatic heterocycles. The molecule has 1 heterocycles. The Labute approximate surface area is 90.3 Å². The van der Waals surface area contributed by atoms with Gasteiger partial charge in [-0.3, -0.25) is 4.79 Å². The molecule has 0 unspecified atom stereocenters. The minimum atomic E-state index is -0.105. The maximum atomic E-state index is 11.1. The summed E-state index contributed by atoms with van der Waals surface area (Å²) < 4.78 is 0.488. The molecule has 0 atom stereocenters. The van der Waals surface area contributed by atoms with Crippen LogP contribution in [0.2, 0.25) is 4.47 Å². The Morgan fingerprint density at radius 2 is 2.46 bits per heavy atom. The Kier molecular flexibility index (Phi) is 3.96. The van der Waals surface area contributed by atoms with E-state index >= 15 is 0 Å². The zero-order chi connectivity index (χ0) is 9.84. The number of rotatable bonds is 3. The van der Waals surface area contributed by atoms with Crippen molar-refractivity contribution in [2.75, 3.05) is 12.9 Å². The number of nitrogens with zero attached hydrogens (tertiary/aromatic N) is 2. The monoisotopic (exact) mass is 238 g/mol. The summed E-state index contributed by atoms with van der Waals surface area (Å²) in [6.45, 7) is 0.510. The van der Waals surface area contributed by atoms with Crippen LogP contribution in [0.1, 0.15) is 4.88 Å². The molecule has 0 saturated heterocycles. The van der Waals surface area contributed by atoms with Crippen molar-refractivity contribution < 1.29 is 4.79 Å². The lowest BCUT2D eigenvalue weighted by Gasteiger charge is -2.13. The van der Waals surface area contributed by atoms with Crippen LogP contribution in [0.3, 0.4) is 0 Å². The molecule has 72 valence electrons. The second-order valence-electron chi connectivity index (χ2n) is 2.46. The molecule has 0 fully saturated rings. The first-order chi connectivity index (χ1) is 6.13. The van der Waals surface area contributed by atoms with E-state index in [0.29, 0.717) is 11.0 Å². The van der Waals surface area contributed by atoms with E-state index in [0.717, 1.165) is 4.88 Å². The first kappa shape index (κ1) is 10.8. The molecule has 0 saturated carbocycles. The van der Waals surface area contributed by atoms with Crippen molar-refractivity contribution >= 4 is 40.4 Å². The summed E-state index contributed by atoms with van der Waals surface area (Å²) in [7, 11) is 1.69. The van der Waals surface area contributed by atoms with Gasteiger partial charge in [-0.15, -0.1) is 22.9 Å². The van der Waals surface area contributed by atoms with Crippen LogP contribution in [0.25, 0.3) is 0 Å². The minimum absolute atomic E-state index is 0.00301. The van der Waals surface area contributed by atoms with Crippen LogP contribution < -0.4 is 0 Å². The second kappa shape index (κ2) is 4.79. The van der Waals surface area contributed by atoms with Crippen molar-refractivity contribution in [3.05, 3.63) is 15.5 Å². The number of halogens is 2. The number of carbonyl (C=O) groups excluding carboxylic acids is 1. The first-order valence-electron chi connectivity index (χ1n) is 3.53. The molecule has 6 heteroatoms. The largest absolute Gasteiger partial charge is 0.340 e. The summed E-state index contributed by atoms with van der Waals surface area (Å²) in [5, 5.41) is 0. The van der Waals surface area contributed by atoms with Crippen LogP contribution in [-0.4, -0.2) is 28.7 Å². The van der Waals surface area contributed by atoms with E-state index in [9.17, 15) is 4.79 Å². The SMILES string of the molecule is CN(Cc1cnc(Cl)s1)C(=O)CCl. The van der Waals surface area contributed by atoms with Gasteiger partial charge in [0.1, 0.15) is 5.88 Å². The predicted molar refractivity (Wildman–Crippen MR) is 54.3 cm³/mol. The highest BCUT2D eigenvalue weighted by atomic mass is 35.5. The minimum Gasteiger partial charge on any atom is -0.340 e. The van der Waals surface area contributed by atoms with Crippen LogP contribution in [0.15, 0.2) is 6.20 Å². The lowest BCUT2D eigenvalue weighted by atomic mass is 10.5. The van der Waals surface area contributed by atoms with Gasteiger partial charge in [0, 0.05) is 18.1 Å². The van der Waals surface area contributed by atoms with E-state index in [4.69, 9.17) is 23.2 Å². The highest BCUT2D eigenvalue weighted by Crippen LogP contribution is 2.18. The van der Waals surface area contributed by atoms with Crippen LogP contribution in [0, 0.1) is 0 Å². The van der Waals surface area contributed by atoms with Crippen molar-refractivity contribution in [3.8, 4) is 0 Å². The molecule has 1 amide bonds. The second-order valence-corrected chi connectivity index (χ2v) is 4.43. The Morgan fingerprint density at radius 3 is 2.92 bits per heavy atom. The maximum absolute atomic E-state index is 11.1. The summed E-state index contributed by atoms with van der Waals surface area (Å²) in [6, 6.07) is 0. The van der Waals surface area contributed by atoms with Gasteiger partial charge in [-0.25, -0.2) is 4.98 Å². The molecule has 0 aliphatic carbocycles. The Balaban J connectivity index is 2.54. The Bertz CT molecular complexity index is 302. The van der Waals surface area contributed by atoms with Gasteiger partial charge < -0.3 is 4.90 Å². The lowest BCUT2D eigenvalue weighted by Crippen LogP contribution is -2.26. The number of thiazole rings is 1. The zero-order valence-corrected chi connectivity index (χ0v) is 9.29. The summed E-state index contributed by atoms with van der Waals surface area (Å²) in [5.41, 5.74) is 0. The third kappa shape index (κ3) is 3.14. The molecule has 3 nitrogen and oxygen atoms in total. The molecule has 0 N–H and O–H groups in total. The van der Waals surface area contributed by atoms with Crippen molar-refractivity contribution in [2.24, 2.45) is 0 Å². The first-order valence-corrected chi connectivity index (χ1v) is 5.26. The van der Waals surface area contributed by atoms with E-state index in [-0.39, 0.29) is 11.8 Å². The average molecular weight is 239 g/mol. The summed E-state index contributed by atoms with van der Waals surface area (Å²) in [6.07, 6.45) is 1.66. The third-order valence-corrected chi connectivity index (χ3v) is 2.79. The van der Waals surface area contributed by atoms with Gasteiger partial charge in [-0.05, 0) is 0 Å². The van der Waals surface area contributed by atoms with Gasteiger partial charge in [0.15, 0.2) is 4.47 Å². The number of amides is 1. The number of hydrogen-bond donors (Lipinski definition) is 0. The zero-order valence-electron chi connectivity index (χ0n) is 6.96. The maximum Gasteiger partial charge on any atom is 0.237 e. The summed E-state index contributed by atoms with van der Waals surface area (Å²) in [4.78, 5) is 17.4. The van der Waals surface area contributed by atoms with Gasteiger partial charge in [-0.2, -0.15) is 0 Å². The van der Waals surface area contributed by atoms with Crippen LogP contribution >= 0.6 is 34.5 Å². The molecule has 0 spiro atoms. The molecular formula is C7H8Cl2N2OS. The fourth-order valence-corrected chi connectivity index (χ4v) is 2.02. The molecule has 0 bridgehead atoms. The van der Waals surface area contributed by atoms with Crippen LogP contribution in [0.4, 0.5) is 0 Å². The van der Waals surface area contributed by atoms with E-state index in [2.05, 4.69) is 4.98 Å². The standard InChI is InChI=1S/C7H8Cl2N2OS/c1-11(6(12)2-8)4-5-3-10-7(9)13-5/h3H,2,4H2,1H3. The van der Waals surface area contributed by atoms with Crippen molar-refractivity contribution in [3.63, 3.8) is 0 Å². The molecular weight excluding hydrogens is 231 g/mol. The van der Waals surface area contributed by atoms with E-state index in [1.165, 1.54) is 16.2 Å². The molecule has 1 aromatic heterocycles. The van der Waals surface area contributed by atoms with Crippen molar-refractivity contribution in [1.29, 1.82) is 0 Å². The van der Waals surface area contributed by atoms with E-state index in [1.807, 2.05) is 0 Å². The predicted octanol–water partition coefficient (Wildman–Crippen LogP) is 1.99. The smallest absolute Gasteiger partial charge is 0.237 e. The van der Waals surface area contributed by atoms with Gasteiger partial charge in [0.05, 0.1) is 6.54 Å². The third-order valence-electron chi connectivity index (χ3n) is 1.46. The fourth-order valence-electron chi connectivity index (χ4n) is 0.781. The quantitative estimate of drug-likeness (QED) is 0.756. The molecule has 13 heavy (non-hydrogen) atoms. The Hall–Kier alpha value is -0.320. The average Bonchev–Trinajstić information content (AvgIpc) is 2.49. The van der Waals surface area contributed by atoms with Crippen molar-refractivity contribution in [2.45, 2.75) is 6.54 Å². The summed E-state index contributed by atoms with van der Waals surface area (Å²) in [5.74, 6) is -0.102. The topological polar surface area (TPSA) is 33.2 Å². The molecule has 1 aromatic rings. The van der Waals surface area contributed by atoms with Crippen LogP contribution in [-0.2, 0) is 11.3 Å². The molecule has 0 aromatic carbocycles. The van der Waals surface area contributed by atoms with Gasteiger partial charge in [0.25, 0.3) is 0 Å². The van der Waals surface area contributed by atoms with Gasteiger partial charge in [0.2, 0.25) is 5.91 Å². The number of alkyl halides is 1. The van der Waals surface area contributed by atoms with E-state index < -0.39 is 0 Å². The molecule has 1 rings (SSSR count). The normalized spacial score (nSPS) is 10.1. The number of aromatic nitrogens is 1. The fraction of sp³-hybridized carbons (Fsp3) is 0.429. The van der Waals surface area contributed by atoms with E-state index in [1.54, 1.807) is 13.2 Å². The van der Waals surface area contributed by atoms with Gasteiger partial charge in [-0.1, -0.05) is 11.6 Å². The molecule has 0 radical (unpaired) electrons. The van der Waals surface area contributed by atoms with Crippen LogP contribution in [0.5, 0.6) is 0 Å². The summed E-state index contributed by atoms with van der Waals surface area (Å²) >= 11 is 12.4. The highest BCUT2D eigenvalue weighted by Gasteiger charge is 2.08. The Morgan fingerprint density at radius 1 is 1.77 bits per heavy atom. The highest BCUT2D eigenvalue weighted by molar-refractivity contribution is 7.15. The lowest BCUT2D eigenvalue weighted by molar-refractivity contribution is -0.127. The number of carbonyl (C=O) groups is 1. The number of hydrogen-bond acceptors (Lipinski definition) is 3. The van der Waals surface area contributed by atoms with Gasteiger partial charge >= 0.3 is 0 Å².